The third kappa shape index (κ3) is 3.50. The van der Waals surface area contributed by atoms with E-state index in [0.717, 1.165) is 18.8 Å². The van der Waals surface area contributed by atoms with E-state index in [0.29, 0.717) is 42.3 Å². The van der Waals surface area contributed by atoms with Crippen LogP contribution in [0, 0.1) is 24.6 Å². The molecule has 6 nitrogen and oxygen atoms in total. The molecule has 1 fully saturated rings. The van der Waals surface area contributed by atoms with Crippen LogP contribution in [0.1, 0.15) is 22.5 Å². The third-order valence-corrected chi connectivity index (χ3v) is 4.69. The second kappa shape index (κ2) is 7.35. The highest BCUT2D eigenvalue weighted by Crippen LogP contribution is 2.36. The van der Waals surface area contributed by atoms with Crippen molar-refractivity contribution in [1.82, 2.24) is 14.9 Å². The van der Waals surface area contributed by atoms with Crippen LogP contribution in [0.15, 0.2) is 18.5 Å². The number of hydrogen-bond donors (Lipinski definition) is 2. The molecular formula is C20H19FN4O2. The van der Waals surface area contributed by atoms with E-state index in [9.17, 15) is 9.18 Å². The van der Waals surface area contributed by atoms with Gasteiger partial charge in [-0.05, 0) is 25.1 Å². The molecule has 0 radical (unpaired) electrons. The molecule has 1 amide bonds. The van der Waals surface area contributed by atoms with Gasteiger partial charge in [-0.25, -0.2) is 9.37 Å². The lowest BCUT2D eigenvalue weighted by molar-refractivity contribution is -0.110. The summed E-state index contributed by atoms with van der Waals surface area (Å²) < 4.78 is 19.9. The molecule has 138 valence electrons. The van der Waals surface area contributed by atoms with Crippen molar-refractivity contribution in [2.24, 2.45) is 0 Å². The Hall–Kier alpha value is -2.95. The normalized spacial score (nSPS) is 18.1. The SMILES string of the molecule is Cc1[nH]cnc1C=C1C(=O)Nc2ccc(F)c(C#CCN3CCOCC3)c21. The molecule has 0 saturated carbocycles. The van der Waals surface area contributed by atoms with Crippen LogP contribution in [-0.2, 0) is 9.53 Å². The number of carbonyl (C=O) groups excluding carboxylic acids is 1. The van der Waals surface area contributed by atoms with E-state index >= 15 is 0 Å². The van der Waals surface area contributed by atoms with Crippen LogP contribution in [0.2, 0.25) is 0 Å². The Balaban J connectivity index is 1.70. The molecule has 0 unspecified atom stereocenters. The van der Waals surface area contributed by atoms with Crippen LogP contribution >= 0.6 is 0 Å². The lowest BCUT2D eigenvalue weighted by Gasteiger charge is -2.24. The number of nitrogens with zero attached hydrogens (tertiary/aromatic N) is 2. The molecule has 27 heavy (non-hydrogen) atoms. The predicted octanol–water partition coefficient (Wildman–Crippen LogP) is 2.03. The van der Waals surface area contributed by atoms with Crippen LogP contribution in [0.5, 0.6) is 0 Å². The van der Waals surface area contributed by atoms with E-state index in [4.69, 9.17) is 4.74 Å². The number of ether oxygens (including phenoxy) is 1. The molecule has 7 heteroatoms. The van der Waals surface area contributed by atoms with Crippen molar-refractivity contribution in [3.63, 3.8) is 0 Å². The van der Waals surface area contributed by atoms with Crippen molar-refractivity contribution < 1.29 is 13.9 Å². The minimum atomic E-state index is -0.440. The van der Waals surface area contributed by atoms with E-state index < -0.39 is 5.82 Å². The summed E-state index contributed by atoms with van der Waals surface area (Å²) >= 11 is 0. The Morgan fingerprint density at radius 1 is 1.37 bits per heavy atom. The zero-order valence-corrected chi connectivity index (χ0v) is 14.9. The maximum absolute atomic E-state index is 14.5. The fraction of sp³-hybridized carbons (Fsp3) is 0.300. The summed E-state index contributed by atoms with van der Waals surface area (Å²) in [6, 6.07) is 2.90. The lowest BCUT2D eigenvalue weighted by atomic mass is 9.99. The van der Waals surface area contributed by atoms with Gasteiger partial charge < -0.3 is 15.0 Å². The smallest absolute Gasteiger partial charge is 0.256 e. The Labute approximate surface area is 156 Å². The minimum absolute atomic E-state index is 0.235. The van der Waals surface area contributed by atoms with Crippen LogP contribution in [0.4, 0.5) is 10.1 Å². The second-order valence-corrected chi connectivity index (χ2v) is 6.46. The first kappa shape index (κ1) is 17.5. The number of anilines is 1. The summed E-state index contributed by atoms with van der Waals surface area (Å²) in [5.41, 5.74) is 3.15. The molecule has 4 rings (SSSR count). The standard InChI is InChI=1S/C20H19FN4O2/c1-13-18(23-12-22-13)11-15-19-14(3-2-6-25-7-9-27-10-8-25)16(21)4-5-17(19)24-20(15)26/h4-5,11-12H,6-10H2,1H3,(H,22,23)(H,24,26). The molecule has 1 aromatic heterocycles. The van der Waals surface area contributed by atoms with E-state index in [2.05, 4.69) is 32.0 Å². The largest absolute Gasteiger partial charge is 0.379 e. The number of morpholine rings is 1. The van der Waals surface area contributed by atoms with Crippen molar-refractivity contribution in [3.05, 3.63) is 46.8 Å². The minimum Gasteiger partial charge on any atom is -0.379 e. The van der Waals surface area contributed by atoms with E-state index in [1.54, 1.807) is 18.5 Å². The number of nitrogens with one attached hydrogen (secondary N) is 2. The molecule has 0 aliphatic carbocycles. The number of rotatable bonds is 2. The van der Waals surface area contributed by atoms with Gasteiger partial charge in [-0.3, -0.25) is 9.69 Å². The fourth-order valence-corrected chi connectivity index (χ4v) is 3.17. The first-order chi connectivity index (χ1) is 13.1. The Morgan fingerprint density at radius 3 is 2.93 bits per heavy atom. The number of H-pyrrole nitrogens is 1. The fourth-order valence-electron chi connectivity index (χ4n) is 3.17. The number of fused-ring (bicyclic) bond motifs is 1. The summed E-state index contributed by atoms with van der Waals surface area (Å²) in [5, 5.41) is 2.78. The molecule has 0 bridgehead atoms. The number of amides is 1. The monoisotopic (exact) mass is 366 g/mol. The van der Waals surface area contributed by atoms with Crippen LogP contribution in [0.25, 0.3) is 11.6 Å². The van der Waals surface area contributed by atoms with Crippen molar-refractivity contribution in [1.29, 1.82) is 0 Å². The number of aromatic amines is 1. The number of hydrogen-bond acceptors (Lipinski definition) is 4. The Bertz CT molecular complexity index is 978. The van der Waals surface area contributed by atoms with E-state index in [-0.39, 0.29) is 11.5 Å². The molecule has 0 atom stereocenters. The Morgan fingerprint density at radius 2 is 2.19 bits per heavy atom. The number of imidazole rings is 1. The topological polar surface area (TPSA) is 70.2 Å². The van der Waals surface area contributed by atoms with Crippen molar-refractivity contribution in [2.45, 2.75) is 6.92 Å². The zero-order chi connectivity index (χ0) is 18.8. The quantitative estimate of drug-likeness (QED) is 0.630. The highest BCUT2D eigenvalue weighted by atomic mass is 19.1. The van der Waals surface area contributed by atoms with Gasteiger partial charge >= 0.3 is 0 Å². The molecular weight excluding hydrogens is 347 g/mol. The maximum Gasteiger partial charge on any atom is 0.256 e. The molecule has 2 aromatic rings. The van der Waals surface area contributed by atoms with Gasteiger partial charge in [0.25, 0.3) is 5.91 Å². The van der Waals surface area contributed by atoms with Gasteiger partial charge in [0, 0.05) is 24.3 Å². The van der Waals surface area contributed by atoms with E-state index in [1.165, 1.54) is 6.07 Å². The summed E-state index contributed by atoms with van der Waals surface area (Å²) in [6.07, 6.45) is 3.23. The average molecular weight is 366 g/mol. The van der Waals surface area contributed by atoms with Gasteiger partial charge in [-0.1, -0.05) is 11.8 Å². The van der Waals surface area contributed by atoms with Gasteiger partial charge in [0.15, 0.2) is 0 Å². The second-order valence-electron chi connectivity index (χ2n) is 6.46. The lowest BCUT2D eigenvalue weighted by Crippen LogP contribution is -2.36. The van der Waals surface area contributed by atoms with Crippen LogP contribution in [-0.4, -0.2) is 53.6 Å². The number of benzene rings is 1. The first-order valence-electron chi connectivity index (χ1n) is 8.78. The maximum atomic E-state index is 14.5. The van der Waals surface area contributed by atoms with Gasteiger partial charge in [-0.2, -0.15) is 0 Å². The number of aromatic nitrogens is 2. The summed E-state index contributed by atoms with van der Waals surface area (Å²) in [5.74, 6) is 5.25. The molecule has 2 aliphatic rings. The number of halogens is 1. The first-order valence-corrected chi connectivity index (χ1v) is 8.78. The van der Waals surface area contributed by atoms with E-state index in [1.807, 2.05) is 6.92 Å². The zero-order valence-electron chi connectivity index (χ0n) is 14.9. The summed E-state index contributed by atoms with van der Waals surface area (Å²) in [7, 11) is 0. The highest BCUT2D eigenvalue weighted by molar-refractivity contribution is 6.35. The molecule has 1 saturated heterocycles. The van der Waals surface area contributed by atoms with Crippen molar-refractivity contribution in [3.8, 4) is 11.8 Å². The average Bonchev–Trinajstić information content (AvgIpc) is 3.22. The van der Waals surface area contributed by atoms with Gasteiger partial charge in [-0.15, -0.1) is 0 Å². The van der Waals surface area contributed by atoms with Crippen molar-refractivity contribution in [2.75, 3.05) is 38.2 Å². The number of carbonyl (C=O) groups is 1. The van der Waals surface area contributed by atoms with Crippen LogP contribution in [0.3, 0.4) is 0 Å². The molecule has 2 aliphatic heterocycles. The molecule has 1 aromatic carbocycles. The van der Waals surface area contributed by atoms with Crippen LogP contribution < -0.4 is 5.32 Å². The third-order valence-electron chi connectivity index (χ3n) is 4.69. The highest BCUT2D eigenvalue weighted by Gasteiger charge is 2.28. The van der Waals surface area contributed by atoms with Gasteiger partial charge in [0.1, 0.15) is 5.82 Å². The van der Waals surface area contributed by atoms with Gasteiger partial charge in [0.2, 0.25) is 0 Å². The van der Waals surface area contributed by atoms with Crippen molar-refractivity contribution >= 4 is 23.2 Å². The Kier molecular flexibility index (Phi) is 4.75. The number of aryl methyl sites for hydroxylation is 1. The van der Waals surface area contributed by atoms with Gasteiger partial charge in [0.05, 0.1) is 48.6 Å². The summed E-state index contributed by atoms with van der Waals surface area (Å²) in [4.78, 5) is 21.8. The molecule has 3 heterocycles. The predicted molar refractivity (Wildman–Crippen MR) is 100 cm³/mol. The molecule has 2 N–H and O–H groups in total. The molecule has 0 spiro atoms. The summed E-state index contributed by atoms with van der Waals surface area (Å²) in [6.45, 7) is 5.39.